The van der Waals surface area contributed by atoms with Gasteiger partial charge in [-0.3, -0.25) is 9.59 Å². The van der Waals surface area contributed by atoms with Crippen LogP contribution >= 0.6 is 0 Å². The number of anilines is 2. The molecule has 9 heteroatoms. The number of furan rings is 1. The summed E-state index contributed by atoms with van der Waals surface area (Å²) in [6.45, 7) is 0.993. The van der Waals surface area contributed by atoms with Crippen LogP contribution in [0.15, 0.2) is 41.0 Å². The van der Waals surface area contributed by atoms with Gasteiger partial charge in [0.05, 0.1) is 24.9 Å². The number of hydrogen-bond acceptors (Lipinski definition) is 4. The third kappa shape index (κ3) is 5.55. The van der Waals surface area contributed by atoms with Crippen LogP contribution < -0.4 is 16.0 Å². The van der Waals surface area contributed by atoms with E-state index in [1.165, 1.54) is 19.3 Å². The Kier molecular flexibility index (Phi) is 5.68. The molecule has 2 aromatic rings. The molecule has 25 heavy (non-hydrogen) atoms. The minimum atomic E-state index is -4.64. The van der Waals surface area contributed by atoms with Crippen LogP contribution in [0.3, 0.4) is 0 Å². The van der Waals surface area contributed by atoms with E-state index in [2.05, 4.69) is 16.0 Å². The smallest absolute Gasteiger partial charge is 0.418 e. The van der Waals surface area contributed by atoms with E-state index < -0.39 is 23.6 Å². The van der Waals surface area contributed by atoms with E-state index in [0.29, 0.717) is 5.76 Å². The van der Waals surface area contributed by atoms with Crippen LogP contribution in [0.1, 0.15) is 18.2 Å². The number of nitrogens with one attached hydrogen (secondary N) is 3. The highest BCUT2D eigenvalue weighted by molar-refractivity contribution is 5.89. The zero-order chi connectivity index (χ0) is 18.4. The van der Waals surface area contributed by atoms with Gasteiger partial charge in [-0.05, 0) is 30.3 Å². The molecule has 0 aliphatic rings. The number of amides is 2. The number of carbonyl (C=O) groups excluding carboxylic acids is 2. The Balaban J connectivity index is 2.02. The molecule has 2 amide bonds. The first-order valence-electron chi connectivity index (χ1n) is 7.27. The first-order chi connectivity index (χ1) is 11.8. The third-order valence-electron chi connectivity index (χ3n) is 3.12. The van der Waals surface area contributed by atoms with Gasteiger partial charge in [0.15, 0.2) is 0 Å². The lowest BCUT2D eigenvalue weighted by molar-refractivity contribution is -0.137. The highest BCUT2D eigenvalue weighted by Crippen LogP contribution is 2.36. The Labute approximate surface area is 141 Å². The highest BCUT2D eigenvalue weighted by atomic mass is 19.4. The SMILES string of the molecule is CC(=O)Nc1ccc(NCC(=O)NCc2ccco2)c(C(F)(F)F)c1. The zero-order valence-corrected chi connectivity index (χ0v) is 13.2. The summed E-state index contributed by atoms with van der Waals surface area (Å²) in [7, 11) is 0. The Bertz CT molecular complexity index is 743. The summed E-state index contributed by atoms with van der Waals surface area (Å²) in [5.41, 5.74) is -1.21. The molecule has 0 atom stereocenters. The van der Waals surface area contributed by atoms with Crippen molar-refractivity contribution in [2.45, 2.75) is 19.6 Å². The minimum absolute atomic E-state index is 0.0210. The van der Waals surface area contributed by atoms with Crippen LogP contribution in [-0.4, -0.2) is 18.4 Å². The predicted octanol–water partition coefficient (Wildman–Crippen LogP) is 2.99. The van der Waals surface area contributed by atoms with Gasteiger partial charge >= 0.3 is 6.18 Å². The van der Waals surface area contributed by atoms with Crippen LogP contribution in [0, 0.1) is 0 Å². The zero-order valence-electron chi connectivity index (χ0n) is 13.2. The number of alkyl halides is 3. The molecule has 134 valence electrons. The van der Waals surface area contributed by atoms with Gasteiger partial charge in [0.1, 0.15) is 5.76 Å². The second-order valence-corrected chi connectivity index (χ2v) is 5.15. The van der Waals surface area contributed by atoms with Crippen molar-refractivity contribution in [3.05, 3.63) is 47.9 Å². The lowest BCUT2D eigenvalue weighted by atomic mass is 10.1. The fourth-order valence-corrected chi connectivity index (χ4v) is 2.05. The normalized spacial score (nSPS) is 11.0. The summed E-state index contributed by atoms with van der Waals surface area (Å²) in [4.78, 5) is 22.7. The molecule has 0 spiro atoms. The van der Waals surface area contributed by atoms with Gasteiger partial charge in [0.25, 0.3) is 0 Å². The quantitative estimate of drug-likeness (QED) is 0.744. The van der Waals surface area contributed by atoms with Gasteiger partial charge < -0.3 is 20.4 Å². The number of benzene rings is 1. The van der Waals surface area contributed by atoms with Crippen molar-refractivity contribution in [3.8, 4) is 0 Å². The summed E-state index contributed by atoms with van der Waals surface area (Å²) in [5.74, 6) is -0.439. The van der Waals surface area contributed by atoms with Crippen molar-refractivity contribution >= 4 is 23.2 Å². The largest absolute Gasteiger partial charge is 0.467 e. The van der Waals surface area contributed by atoms with E-state index in [-0.39, 0.29) is 24.5 Å². The van der Waals surface area contributed by atoms with Crippen LogP contribution in [0.2, 0.25) is 0 Å². The molecule has 0 saturated heterocycles. The van der Waals surface area contributed by atoms with E-state index in [1.54, 1.807) is 12.1 Å². The van der Waals surface area contributed by atoms with E-state index in [0.717, 1.165) is 12.1 Å². The molecule has 1 heterocycles. The van der Waals surface area contributed by atoms with Crippen LogP contribution in [0.4, 0.5) is 24.5 Å². The van der Waals surface area contributed by atoms with Crippen LogP contribution in [0.5, 0.6) is 0 Å². The molecule has 1 aromatic carbocycles. The molecule has 1 aromatic heterocycles. The first-order valence-corrected chi connectivity index (χ1v) is 7.27. The maximum absolute atomic E-state index is 13.2. The molecule has 0 fully saturated rings. The average molecular weight is 355 g/mol. The fourth-order valence-electron chi connectivity index (χ4n) is 2.05. The van der Waals surface area contributed by atoms with E-state index >= 15 is 0 Å². The molecule has 3 N–H and O–H groups in total. The molecular formula is C16H16F3N3O3. The third-order valence-corrected chi connectivity index (χ3v) is 3.12. The number of carbonyl (C=O) groups is 2. The monoisotopic (exact) mass is 355 g/mol. The standard InChI is InChI=1S/C16H16F3N3O3/c1-10(23)22-11-4-5-14(13(7-11)16(17,18)19)20-9-15(24)21-8-12-3-2-6-25-12/h2-7,20H,8-9H2,1H3,(H,21,24)(H,22,23). The molecule has 0 unspecified atom stereocenters. The first kappa shape index (κ1) is 18.4. The maximum atomic E-state index is 13.2. The van der Waals surface area contributed by atoms with E-state index in [1.807, 2.05) is 0 Å². The van der Waals surface area contributed by atoms with Crippen molar-refractivity contribution in [1.82, 2.24) is 5.32 Å². The van der Waals surface area contributed by atoms with Crippen molar-refractivity contribution in [2.75, 3.05) is 17.2 Å². The Hall–Kier alpha value is -2.97. The highest BCUT2D eigenvalue weighted by Gasteiger charge is 2.34. The molecular weight excluding hydrogens is 339 g/mol. The Morgan fingerprint density at radius 3 is 2.56 bits per heavy atom. The van der Waals surface area contributed by atoms with Crippen LogP contribution in [0.25, 0.3) is 0 Å². The van der Waals surface area contributed by atoms with Gasteiger partial charge in [-0.15, -0.1) is 0 Å². The molecule has 6 nitrogen and oxygen atoms in total. The fraction of sp³-hybridized carbons (Fsp3) is 0.250. The van der Waals surface area contributed by atoms with Crippen molar-refractivity contribution in [3.63, 3.8) is 0 Å². The summed E-state index contributed by atoms with van der Waals surface area (Å²) in [5, 5.41) is 7.26. The van der Waals surface area contributed by atoms with Crippen molar-refractivity contribution < 1.29 is 27.2 Å². The summed E-state index contributed by atoms with van der Waals surface area (Å²) >= 11 is 0. The summed E-state index contributed by atoms with van der Waals surface area (Å²) in [6, 6.07) is 6.61. The summed E-state index contributed by atoms with van der Waals surface area (Å²) < 4.78 is 44.5. The topological polar surface area (TPSA) is 83.4 Å². The van der Waals surface area contributed by atoms with Gasteiger partial charge in [-0.2, -0.15) is 13.2 Å². The van der Waals surface area contributed by atoms with Gasteiger partial charge in [-0.25, -0.2) is 0 Å². The predicted molar refractivity (Wildman–Crippen MR) is 84.8 cm³/mol. The average Bonchev–Trinajstić information content (AvgIpc) is 3.03. The van der Waals surface area contributed by atoms with E-state index in [4.69, 9.17) is 4.42 Å². The number of hydrogen-bond donors (Lipinski definition) is 3. The lowest BCUT2D eigenvalue weighted by Crippen LogP contribution is -2.29. The second kappa shape index (κ2) is 7.73. The molecule has 0 aliphatic heterocycles. The summed E-state index contributed by atoms with van der Waals surface area (Å²) in [6.07, 6.45) is -3.19. The van der Waals surface area contributed by atoms with Gasteiger partial charge in [-0.1, -0.05) is 0 Å². The lowest BCUT2D eigenvalue weighted by Gasteiger charge is -2.16. The molecule has 0 bridgehead atoms. The van der Waals surface area contributed by atoms with Crippen LogP contribution in [-0.2, 0) is 22.3 Å². The Morgan fingerprint density at radius 2 is 1.96 bits per heavy atom. The van der Waals surface area contributed by atoms with Gasteiger partial charge in [0.2, 0.25) is 11.8 Å². The van der Waals surface area contributed by atoms with Crippen molar-refractivity contribution in [1.29, 1.82) is 0 Å². The maximum Gasteiger partial charge on any atom is 0.418 e. The van der Waals surface area contributed by atoms with Gasteiger partial charge in [0, 0.05) is 18.3 Å². The second-order valence-electron chi connectivity index (χ2n) is 5.15. The number of halogens is 3. The molecule has 0 radical (unpaired) electrons. The van der Waals surface area contributed by atoms with Crippen molar-refractivity contribution in [2.24, 2.45) is 0 Å². The van der Waals surface area contributed by atoms with E-state index in [9.17, 15) is 22.8 Å². The molecule has 0 aliphatic carbocycles. The number of rotatable bonds is 6. The molecule has 0 saturated carbocycles. The Morgan fingerprint density at radius 1 is 1.20 bits per heavy atom. The molecule has 2 rings (SSSR count). The minimum Gasteiger partial charge on any atom is -0.467 e.